The minimum Gasteiger partial charge on any atom is -0.493 e. The highest BCUT2D eigenvalue weighted by Crippen LogP contribution is 2.33. The Kier molecular flexibility index (Phi) is 5.67. The van der Waals surface area contributed by atoms with E-state index in [2.05, 4.69) is 10.2 Å². The number of anilines is 1. The van der Waals surface area contributed by atoms with Crippen LogP contribution in [-0.2, 0) is 17.8 Å². The number of hydrogen-bond acceptors (Lipinski definition) is 6. The summed E-state index contributed by atoms with van der Waals surface area (Å²) in [7, 11) is 3.23. The number of carbonyl (C=O) groups is 2. The van der Waals surface area contributed by atoms with Crippen molar-refractivity contribution in [2.45, 2.75) is 25.9 Å². The Morgan fingerprint density at radius 2 is 1.89 bits per heavy atom. The average molecular weight is 389 g/mol. The Morgan fingerprint density at radius 1 is 1.22 bits per heavy atom. The first-order valence-electron chi connectivity index (χ1n) is 8.60. The molecule has 1 atom stereocenters. The van der Waals surface area contributed by atoms with Crippen LogP contribution in [0.4, 0.5) is 5.00 Å². The molecule has 1 aromatic heterocycles. The van der Waals surface area contributed by atoms with Crippen molar-refractivity contribution in [1.82, 2.24) is 4.90 Å². The summed E-state index contributed by atoms with van der Waals surface area (Å²) < 4.78 is 10.8. The molecule has 7 nitrogen and oxygen atoms in total. The molecule has 27 heavy (non-hydrogen) atoms. The molecule has 0 radical (unpaired) electrons. The Morgan fingerprint density at radius 3 is 2.52 bits per heavy atom. The number of nitrogens with two attached hydrogens (primary N) is 1. The average Bonchev–Trinajstić information content (AvgIpc) is 3.14. The van der Waals surface area contributed by atoms with Crippen LogP contribution in [0.25, 0.3) is 0 Å². The number of nitrogens with zero attached hydrogens (tertiary/aromatic N) is 1. The van der Waals surface area contributed by atoms with Crippen LogP contribution in [0.5, 0.6) is 11.5 Å². The highest BCUT2D eigenvalue weighted by molar-refractivity contribution is 7.14. The van der Waals surface area contributed by atoms with Crippen molar-refractivity contribution in [3.05, 3.63) is 40.3 Å². The SMILES string of the molecule is COc1cc2c(cc1OC)CN([C@@H](C)C(=O)Nc1sccc1C(N)=O)CC2. The molecule has 0 unspecified atom stereocenters. The number of hydrogen-bond donors (Lipinski definition) is 2. The van der Waals surface area contributed by atoms with Crippen LogP contribution < -0.4 is 20.5 Å². The second-order valence-electron chi connectivity index (χ2n) is 6.39. The zero-order valence-corrected chi connectivity index (χ0v) is 16.4. The molecule has 0 aliphatic carbocycles. The minimum absolute atomic E-state index is 0.163. The molecule has 0 saturated carbocycles. The molecule has 0 bridgehead atoms. The van der Waals surface area contributed by atoms with E-state index in [1.165, 1.54) is 16.9 Å². The molecule has 1 aliphatic rings. The first kappa shape index (κ1) is 19.2. The highest BCUT2D eigenvalue weighted by atomic mass is 32.1. The van der Waals surface area contributed by atoms with Crippen molar-refractivity contribution in [1.29, 1.82) is 0 Å². The molecule has 2 amide bonds. The molecule has 2 heterocycles. The van der Waals surface area contributed by atoms with Gasteiger partial charge in [-0.3, -0.25) is 14.5 Å². The fraction of sp³-hybridized carbons (Fsp3) is 0.368. The summed E-state index contributed by atoms with van der Waals surface area (Å²) in [6, 6.07) is 5.23. The van der Waals surface area contributed by atoms with Gasteiger partial charge < -0.3 is 20.5 Å². The molecule has 2 aromatic rings. The molecule has 144 valence electrons. The van der Waals surface area contributed by atoms with Crippen LogP contribution in [0.2, 0.25) is 0 Å². The maximum Gasteiger partial charge on any atom is 0.251 e. The van der Waals surface area contributed by atoms with E-state index in [0.29, 0.717) is 28.6 Å². The van der Waals surface area contributed by atoms with Gasteiger partial charge in [0.1, 0.15) is 5.00 Å². The number of primary amides is 1. The zero-order valence-electron chi connectivity index (χ0n) is 15.6. The lowest BCUT2D eigenvalue weighted by atomic mass is 9.97. The van der Waals surface area contributed by atoms with E-state index in [9.17, 15) is 9.59 Å². The van der Waals surface area contributed by atoms with Gasteiger partial charge in [-0.15, -0.1) is 11.3 Å². The Bertz CT molecular complexity index is 865. The van der Waals surface area contributed by atoms with E-state index >= 15 is 0 Å². The van der Waals surface area contributed by atoms with Crippen molar-refractivity contribution in [2.75, 3.05) is 26.1 Å². The van der Waals surface area contributed by atoms with Crippen molar-refractivity contribution in [3.63, 3.8) is 0 Å². The molecule has 0 fully saturated rings. The molecule has 8 heteroatoms. The summed E-state index contributed by atoms with van der Waals surface area (Å²) in [5.41, 5.74) is 7.99. The third kappa shape index (κ3) is 3.91. The maximum absolute atomic E-state index is 12.7. The van der Waals surface area contributed by atoms with E-state index in [1.54, 1.807) is 25.7 Å². The van der Waals surface area contributed by atoms with E-state index < -0.39 is 5.91 Å². The van der Waals surface area contributed by atoms with E-state index in [1.807, 2.05) is 19.1 Å². The van der Waals surface area contributed by atoms with Crippen molar-refractivity contribution >= 4 is 28.2 Å². The summed E-state index contributed by atoms with van der Waals surface area (Å²) in [5.74, 6) is 0.683. The van der Waals surface area contributed by atoms with Gasteiger partial charge in [-0.1, -0.05) is 0 Å². The Balaban J connectivity index is 1.73. The van der Waals surface area contributed by atoms with Crippen molar-refractivity contribution < 1.29 is 19.1 Å². The third-order valence-corrected chi connectivity index (χ3v) is 5.67. The predicted octanol–water partition coefficient (Wildman–Crippen LogP) is 2.25. The van der Waals surface area contributed by atoms with Gasteiger partial charge >= 0.3 is 0 Å². The smallest absolute Gasteiger partial charge is 0.251 e. The quantitative estimate of drug-likeness (QED) is 0.790. The maximum atomic E-state index is 12.7. The van der Waals surface area contributed by atoms with Crippen LogP contribution in [0.3, 0.4) is 0 Å². The topological polar surface area (TPSA) is 93.9 Å². The first-order valence-corrected chi connectivity index (χ1v) is 9.48. The zero-order chi connectivity index (χ0) is 19.6. The van der Waals surface area contributed by atoms with E-state index in [-0.39, 0.29) is 11.9 Å². The van der Waals surface area contributed by atoms with Crippen LogP contribution in [0.15, 0.2) is 23.6 Å². The number of ether oxygens (including phenoxy) is 2. The monoisotopic (exact) mass is 389 g/mol. The van der Waals surface area contributed by atoms with E-state index in [4.69, 9.17) is 15.2 Å². The van der Waals surface area contributed by atoms with Gasteiger partial charge in [0.05, 0.1) is 25.8 Å². The minimum atomic E-state index is -0.549. The molecule has 1 aliphatic heterocycles. The number of fused-ring (bicyclic) bond motifs is 1. The van der Waals surface area contributed by atoms with Gasteiger partial charge in [0.25, 0.3) is 5.91 Å². The standard InChI is InChI=1S/C19H23N3O4S/c1-11(18(24)21-19-14(17(20)23)5-7-27-19)22-6-4-12-8-15(25-2)16(26-3)9-13(12)10-22/h5,7-9,11H,4,6,10H2,1-3H3,(H2,20,23)(H,21,24)/t11-/m0/s1. The summed E-state index contributed by atoms with van der Waals surface area (Å²) in [5, 5.41) is 5.05. The van der Waals surface area contributed by atoms with E-state index in [0.717, 1.165) is 18.5 Å². The lowest BCUT2D eigenvalue weighted by molar-refractivity contribution is -0.121. The molecular weight excluding hydrogens is 366 g/mol. The third-order valence-electron chi connectivity index (χ3n) is 4.84. The molecule has 3 rings (SSSR count). The molecule has 3 N–H and O–H groups in total. The van der Waals surface area contributed by atoms with Crippen molar-refractivity contribution in [2.24, 2.45) is 5.73 Å². The Labute approximate surface area is 162 Å². The van der Waals surface area contributed by atoms with Gasteiger partial charge in [0.15, 0.2) is 11.5 Å². The Hall–Kier alpha value is -2.58. The summed E-state index contributed by atoms with van der Waals surface area (Å²) in [4.78, 5) is 26.2. The normalized spacial score (nSPS) is 14.9. The number of rotatable bonds is 6. The highest BCUT2D eigenvalue weighted by Gasteiger charge is 2.27. The lowest BCUT2D eigenvalue weighted by Gasteiger charge is -2.33. The van der Waals surface area contributed by atoms with Crippen LogP contribution >= 0.6 is 11.3 Å². The van der Waals surface area contributed by atoms with Gasteiger partial charge in [0.2, 0.25) is 5.91 Å². The molecule has 0 spiro atoms. The number of benzene rings is 1. The number of thiophene rings is 1. The van der Waals surface area contributed by atoms with Crippen molar-refractivity contribution in [3.8, 4) is 11.5 Å². The van der Waals surface area contributed by atoms with Crippen LogP contribution in [-0.4, -0.2) is 43.5 Å². The fourth-order valence-corrected chi connectivity index (χ4v) is 4.01. The van der Waals surface area contributed by atoms with Gasteiger partial charge in [0, 0.05) is 13.1 Å². The summed E-state index contributed by atoms with van der Waals surface area (Å²) in [6.07, 6.45) is 0.818. The predicted molar refractivity (Wildman–Crippen MR) is 105 cm³/mol. The largest absolute Gasteiger partial charge is 0.493 e. The molecule has 1 aromatic carbocycles. The van der Waals surface area contributed by atoms with Crippen LogP contribution in [0.1, 0.15) is 28.4 Å². The van der Waals surface area contributed by atoms with Gasteiger partial charge in [-0.2, -0.15) is 0 Å². The van der Waals surface area contributed by atoms with Gasteiger partial charge in [-0.25, -0.2) is 0 Å². The van der Waals surface area contributed by atoms with Gasteiger partial charge in [-0.05, 0) is 48.1 Å². The summed E-state index contributed by atoms with van der Waals surface area (Å²) >= 11 is 1.29. The second-order valence-corrected chi connectivity index (χ2v) is 7.31. The number of methoxy groups -OCH3 is 2. The molecule has 0 saturated heterocycles. The lowest BCUT2D eigenvalue weighted by Crippen LogP contribution is -2.44. The summed E-state index contributed by atoms with van der Waals surface area (Å²) in [6.45, 7) is 3.25. The number of nitrogens with one attached hydrogen (secondary N) is 1. The van der Waals surface area contributed by atoms with Crippen LogP contribution in [0, 0.1) is 0 Å². The second kappa shape index (κ2) is 7.98. The molecular formula is C19H23N3O4S. The first-order chi connectivity index (χ1) is 12.9. The number of carbonyl (C=O) groups excluding carboxylic acids is 2. The number of amides is 2. The fourth-order valence-electron chi connectivity index (χ4n) is 3.22.